The van der Waals surface area contributed by atoms with Crippen molar-refractivity contribution in [1.82, 2.24) is 14.8 Å². The van der Waals surface area contributed by atoms with Gasteiger partial charge in [0, 0.05) is 18.4 Å². The Morgan fingerprint density at radius 2 is 2.05 bits per heavy atom. The molecule has 0 unspecified atom stereocenters. The van der Waals surface area contributed by atoms with Crippen molar-refractivity contribution >= 4 is 11.8 Å². The fraction of sp³-hybridized carbons (Fsp3) is 0.250. The monoisotopic (exact) mass is 283 g/mol. The van der Waals surface area contributed by atoms with Gasteiger partial charge in [-0.25, -0.2) is 0 Å². The topological polar surface area (TPSA) is 54.3 Å². The third-order valence-electron chi connectivity index (χ3n) is 3.58. The first-order chi connectivity index (χ1) is 10.2. The third-order valence-corrected chi connectivity index (χ3v) is 3.58. The van der Waals surface area contributed by atoms with Crippen LogP contribution in [0.15, 0.2) is 42.6 Å². The molecule has 2 heterocycles. The molecular weight excluding hydrogens is 266 g/mol. The summed E-state index contributed by atoms with van der Waals surface area (Å²) in [5.74, 6) is -0.246. The molecule has 0 bridgehead atoms. The van der Waals surface area contributed by atoms with Crippen molar-refractivity contribution in [1.29, 1.82) is 0 Å². The van der Waals surface area contributed by atoms with E-state index in [1.54, 1.807) is 11.0 Å². The van der Waals surface area contributed by atoms with Crippen molar-refractivity contribution in [3.05, 3.63) is 53.9 Å². The van der Waals surface area contributed by atoms with Crippen LogP contribution in [0.1, 0.15) is 23.0 Å². The van der Waals surface area contributed by atoms with Gasteiger partial charge in [-0.05, 0) is 31.2 Å². The van der Waals surface area contributed by atoms with Crippen molar-refractivity contribution in [2.75, 3.05) is 13.1 Å². The number of hydrogen-bond donors (Lipinski definition) is 1. The molecule has 2 aromatic rings. The summed E-state index contributed by atoms with van der Waals surface area (Å²) in [5.41, 5.74) is 2.48. The van der Waals surface area contributed by atoms with Crippen molar-refractivity contribution in [3.63, 3.8) is 0 Å². The average molecular weight is 283 g/mol. The van der Waals surface area contributed by atoms with E-state index >= 15 is 0 Å². The molecule has 1 aliphatic heterocycles. The van der Waals surface area contributed by atoms with E-state index in [1.165, 1.54) is 0 Å². The van der Waals surface area contributed by atoms with Crippen molar-refractivity contribution in [2.45, 2.75) is 13.5 Å². The van der Waals surface area contributed by atoms with Gasteiger partial charge in [0.15, 0.2) is 0 Å². The molecule has 0 saturated heterocycles. The molecule has 0 spiro atoms. The van der Waals surface area contributed by atoms with E-state index in [-0.39, 0.29) is 18.4 Å². The van der Waals surface area contributed by atoms with Gasteiger partial charge in [0.25, 0.3) is 5.91 Å². The van der Waals surface area contributed by atoms with Crippen LogP contribution in [-0.2, 0) is 11.3 Å². The number of likely N-dealkylation sites (N-methyl/N-ethyl adjacent to an activating group) is 1. The first-order valence-electron chi connectivity index (χ1n) is 7.02. The van der Waals surface area contributed by atoms with Crippen molar-refractivity contribution in [3.8, 4) is 5.69 Å². The number of aromatic nitrogens is 1. The first-order valence-corrected chi connectivity index (χ1v) is 7.02. The Labute approximate surface area is 123 Å². The highest BCUT2D eigenvalue weighted by molar-refractivity contribution is 6.00. The molecule has 0 atom stereocenters. The smallest absolute Gasteiger partial charge is 0.256 e. The zero-order valence-electron chi connectivity index (χ0n) is 11.9. The van der Waals surface area contributed by atoms with E-state index in [1.807, 2.05) is 48.0 Å². The van der Waals surface area contributed by atoms with Gasteiger partial charge in [-0.1, -0.05) is 12.1 Å². The van der Waals surface area contributed by atoms with Gasteiger partial charge < -0.3 is 14.8 Å². The second-order valence-corrected chi connectivity index (χ2v) is 5.00. The number of para-hydroxylation sites is 1. The Balaban J connectivity index is 2.00. The molecule has 5 heteroatoms. The fourth-order valence-corrected chi connectivity index (χ4v) is 2.64. The maximum atomic E-state index is 12.7. The van der Waals surface area contributed by atoms with Crippen LogP contribution >= 0.6 is 0 Å². The van der Waals surface area contributed by atoms with Gasteiger partial charge in [0.05, 0.1) is 17.8 Å². The Bertz CT molecular complexity index is 690. The van der Waals surface area contributed by atoms with Gasteiger partial charge in [-0.3, -0.25) is 9.59 Å². The minimum atomic E-state index is -0.136. The number of carbonyl (C=O) groups is 2. The molecule has 1 aromatic heterocycles. The third kappa shape index (κ3) is 2.42. The highest BCUT2D eigenvalue weighted by Gasteiger charge is 2.26. The summed E-state index contributed by atoms with van der Waals surface area (Å²) in [5, 5.41) is 2.74. The van der Waals surface area contributed by atoms with Crippen LogP contribution < -0.4 is 5.32 Å². The van der Waals surface area contributed by atoms with Gasteiger partial charge >= 0.3 is 0 Å². The number of rotatable bonds is 3. The molecule has 1 N–H and O–H groups in total. The lowest BCUT2D eigenvalue weighted by Gasteiger charge is -2.20. The van der Waals surface area contributed by atoms with E-state index in [0.717, 1.165) is 11.4 Å². The standard InChI is InChI=1S/C16H17N3O2/c1-2-17-15(20)11-18-10-12-6-5-9-19(12)14-8-4-3-7-13(14)16(18)21/h3-9H,2,10-11H2,1H3,(H,17,20). The molecule has 3 rings (SSSR count). The molecule has 5 nitrogen and oxygen atoms in total. The minimum absolute atomic E-state index is 0.0756. The number of benzene rings is 1. The molecule has 1 aromatic carbocycles. The maximum Gasteiger partial charge on any atom is 0.256 e. The van der Waals surface area contributed by atoms with Gasteiger partial charge in [-0.15, -0.1) is 0 Å². The Morgan fingerprint density at radius 1 is 1.24 bits per heavy atom. The van der Waals surface area contributed by atoms with E-state index in [9.17, 15) is 9.59 Å². The predicted molar refractivity (Wildman–Crippen MR) is 79.2 cm³/mol. The largest absolute Gasteiger partial charge is 0.355 e. The first kappa shape index (κ1) is 13.4. The Kier molecular flexibility index (Phi) is 3.48. The summed E-state index contributed by atoms with van der Waals surface area (Å²) in [6.45, 7) is 2.93. The summed E-state index contributed by atoms with van der Waals surface area (Å²) in [6.07, 6.45) is 1.94. The fourth-order valence-electron chi connectivity index (χ4n) is 2.64. The highest BCUT2D eigenvalue weighted by Crippen LogP contribution is 2.24. The van der Waals surface area contributed by atoms with E-state index in [0.29, 0.717) is 18.7 Å². The molecule has 21 heavy (non-hydrogen) atoms. The molecule has 0 saturated carbocycles. The maximum absolute atomic E-state index is 12.7. The number of carbonyl (C=O) groups excluding carboxylic acids is 2. The van der Waals surface area contributed by atoms with E-state index < -0.39 is 0 Å². The van der Waals surface area contributed by atoms with Crippen LogP contribution in [-0.4, -0.2) is 34.4 Å². The predicted octanol–water partition coefficient (Wildman–Crippen LogP) is 1.57. The highest BCUT2D eigenvalue weighted by atomic mass is 16.2. The Hall–Kier alpha value is -2.56. The van der Waals surface area contributed by atoms with E-state index in [2.05, 4.69) is 5.32 Å². The molecule has 2 amide bonds. The van der Waals surface area contributed by atoms with Crippen molar-refractivity contribution < 1.29 is 9.59 Å². The lowest BCUT2D eigenvalue weighted by molar-refractivity contribution is -0.121. The summed E-state index contributed by atoms with van der Waals surface area (Å²) in [6, 6.07) is 11.4. The number of nitrogens with zero attached hydrogens (tertiary/aromatic N) is 2. The van der Waals surface area contributed by atoms with Gasteiger partial charge in [0.2, 0.25) is 5.91 Å². The lowest BCUT2D eigenvalue weighted by Crippen LogP contribution is -2.39. The Morgan fingerprint density at radius 3 is 2.86 bits per heavy atom. The average Bonchev–Trinajstić information content (AvgIpc) is 2.90. The normalized spacial score (nSPS) is 13.4. The second kappa shape index (κ2) is 5.44. The molecule has 1 aliphatic rings. The second-order valence-electron chi connectivity index (χ2n) is 5.00. The molecule has 108 valence electrons. The minimum Gasteiger partial charge on any atom is -0.355 e. The number of hydrogen-bond acceptors (Lipinski definition) is 2. The molecule has 0 fully saturated rings. The summed E-state index contributed by atoms with van der Waals surface area (Å²) >= 11 is 0. The van der Waals surface area contributed by atoms with Gasteiger partial charge in [-0.2, -0.15) is 0 Å². The summed E-state index contributed by atoms with van der Waals surface area (Å²) in [7, 11) is 0. The zero-order chi connectivity index (χ0) is 14.8. The molecular formula is C16H17N3O2. The van der Waals surface area contributed by atoms with Gasteiger partial charge in [0.1, 0.15) is 6.54 Å². The molecule has 0 aliphatic carbocycles. The van der Waals surface area contributed by atoms with Crippen LogP contribution in [0.3, 0.4) is 0 Å². The van der Waals surface area contributed by atoms with Crippen LogP contribution in [0.5, 0.6) is 0 Å². The summed E-state index contributed by atoms with van der Waals surface area (Å²) < 4.78 is 2.00. The van der Waals surface area contributed by atoms with Crippen LogP contribution in [0.2, 0.25) is 0 Å². The van der Waals surface area contributed by atoms with Crippen molar-refractivity contribution in [2.24, 2.45) is 0 Å². The SMILES string of the molecule is CCNC(=O)CN1Cc2cccn2-c2ccccc2C1=O. The van der Waals surface area contributed by atoms with E-state index in [4.69, 9.17) is 0 Å². The number of fused-ring (bicyclic) bond motifs is 3. The summed E-state index contributed by atoms with van der Waals surface area (Å²) in [4.78, 5) is 26.1. The lowest BCUT2D eigenvalue weighted by atomic mass is 10.1. The number of amides is 2. The van der Waals surface area contributed by atoms with Crippen LogP contribution in [0, 0.1) is 0 Å². The number of nitrogens with one attached hydrogen (secondary N) is 1. The van der Waals surface area contributed by atoms with Crippen LogP contribution in [0.4, 0.5) is 0 Å². The quantitative estimate of drug-likeness (QED) is 0.929. The van der Waals surface area contributed by atoms with Crippen LogP contribution in [0.25, 0.3) is 5.69 Å². The molecule has 0 radical (unpaired) electrons. The zero-order valence-corrected chi connectivity index (χ0v) is 11.9.